The maximum Gasteiger partial charge on any atom is 0.139 e. The highest BCUT2D eigenvalue weighted by atomic mass is 79.9. The predicted molar refractivity (Wildman–Crippen MR) is 87.5 cm³/mol. The first-order valence-electron chi connectivity index (χ1n) is 5.86. The summed E-state index contributed by atoms with van der Waals surface area (Å²) in [7, 11) is 0. The molecule has 3 nitrogen and oxygen atoms in total. The highest BCUT2D eigenvalue weighted by molar-refractivity contribution is 9.10. The molecule has 6 heteroatoms. The Labute approximate surface area is 134 Å². The number of benzene rings is 1. The van der Waals surface area contributed by atoms with Gasteiger partial charge in [-0.3, -0.25) is 4.40 Å². The van der Waals surface area contributed by atoms with Gasteiger partial charge < -0.3 is 5.73 Å². The van der Waals surface area contributed by atoms with E-state index in [0.717, 1.165) is 21.2 Å². The van der Waals surface area contributed by atoms with Crippen molar-refractivity contribution < 1.29 is 0 Å². The van der Waals surface area contributed by atoms with Gasteiger partial charge in [-0.1, -0.05) is 23.2 Å². The number of anilines is 1. The van der Waals surface area contributed by atoms with E-state index in [1.807, 2.05) is 29.7 Å². The molecule has 0 atom stereocenters. The van der Waals surface area contributed by atoms with E-state index in [0.29, 0.717) is 21.6 Å². The highest BCUT2D eigenvalue weighted by Gasteiger charge is 2.15. The van der Waals surface area contributed by atoms with Crippen molar-refractivity contribution in [3.8, 4) is 11.3 Å². The van der Waals surface area contributed by atoms with Crippen molar-refractivity contribution >= 4 is 50.6 Å². The Morgan fingerprint density at radius 3 is 2.70 bits per heavy atom. The predicted octanol–water partition coefficient (Wildman–Crippen LogP) is 4.96. The summed E-state index contributed by atoms with van der Waals surface area (Å²) in [6.07, 6.45) is 1.90. The number of aryl methyl sites for hydroxylation is 1. The van der Waals surface area contributed by atoms with E-state index in [2.05, 4.69) is 20.9 Å². The molecule has 20 heavy (non-hydrogen) atoms. The number of fused-ring (bicyclic) bond motifs is 1. The number of hydrogen-bond donors (Lipinski definition) is 1. The minimum atomic E-state index is 0.531. The molecule has 0 spiro atoms. The minimum absolute atomic E-state index is 0.531. The van der Waals surface area contributed by atoms with Crippen molar-refractivity contribution in [1.82, 2.24) is 9.38 Å². The third kappa shape index (κ3) is 2.18. The zero-order valence-corrected chi connectivity index (χ0v) is 13.6. The molecule has 0 saturated carbocycles. The van der Waals surface area contributed by atoms with Gasteiger partial charge in [0, 0.05) is 21.3 Å². The Kier molecular flexibility index (Phi) is 3.40. The molecule has 2 N–H and O–H groups in total. The van der Waals surface area contributed by atoms with Crippen LogP contribution < -0.4 is 5.73 Å². The van der Waals surface area contributed by atoms with Gasteiger partial charge in [0.1, 0.15) is 17.2 Å². The Bertz CT molecular complexity index is 827. The monoisotopic (exact) mass is 369 g/mol. The number of halogens is 3. The molecule has 0 aliphatic rings. The number of nitrogens with two attached hydrogens (primary N) is 1. The molecule has 3 rings (SSSR count). The largest absolute Gasteiger partial charge is 0.383 e. The minimum Gasteiger partial charge on any atom is -0.383 e. The number of imidazole rings is 1. The molecule has 0 radical (unpaired) electrons. The summed E-state index contributed by atoms with van der Waals surface area (Å²) in [5.41, 5.74) is 9.49. The van der Waals surface area contributed by atoms with Crippen LogP contribution in [0.5, 0.6) is 0 Å². The Morgan fingerprint density at radius 1 is 1.25 bits per heavy atom. The average molecular weight is 371 g/mol. The normalized spacial score (nSPS) is 11.2. The van der Waals surface area contributed by atoms with Gasteiger partial charge in [-0.2, -0.15) is 0 Å². The standard InChI is InChI=1S/C14H10BrCl2N3/c1-7-4-12-19-13(14(18)20(12)6-10(7)15)9-3-2-8(16)5-11(9)17/h2-6H,18H2,1H3. The molecule has 2 aromatic heterocycles. The molecule has 0 saturated heterocycles. The molecule has 2 heterocycles. The average Bonchev–Trinajstić information content (AvgIpc) is 2.68. The number of nitrogen functional groups attached to an aromatic ring is 1. The first kappa shape index (κ1) is 13.7. The second-order valence-corrected chi connectivity index (χ2v) is 6.20. The van der Waals surface area contributed by atoms with Gasteiger partial charge in [0.05, 0.1) is 5.02 Å². The number of rotatable bonds is 1. The zero-order valence-electron chi connectivity index (χ0n) is 10.5. The van der Waals surface area contributed by atoms with Crippen LogP contribution in [0, 0.1) is 6.92 Å². The molecule has 0 aliphatic heterocycles. The van der Waals surface area contributed by atoms with Gasteiger partial charge in [-0.15, -0.1) is 0 Å². The summed E-state index contributed by atoms with van der Waals surface area (Å²) in [4.78, 5) is 4.56. The fraction of sp³-hybridized carbons (Fsp3) is 0.0714. The van der Waals surface area contributed by atoms with Crippen LogP contribution in [0.3, 0.4) is 0 Å². The fourth-order valence-corrected chi connectivity index (χ4v) is 2.88. The molecule has 0 aliphatic carbocycles. The van der Waals surface area contributed by atoms with Crippen LogP contribution in [0.1, 0.15) is 5.56 Å². The maximum absolute atomic E-state index is 6.23. The Morgan fingerprint density at radius 2 is 2.00 bits per heavy atom. The Balaban J connectivity index is 2.29. The molecule has 0 amide bonds. The van der Waals surface area contributed by atoms with E-state index in [4.69, 9.17) is 28.9 Å². The number of aromatic nitrogens is 2. The van der Waals surface area contributed by atoms with Gasteiger partial charge in [0.2, 0.25) is 0 Å². The van der Waals surface area contributed by atoms with Crippen molar-refractivity contribution in [3.05, 3.63) is 50.5 Å². The molecular weight excluding hydrogens is 361 g/mol. The molecule has 102 valence electrons. The second-order valence-electron chi connectivity index (χ2n) is 4.50. The SMILES string of the molecule is Cc1cc2nc(-c3ccc(Cl)cc3Cl)c(N)n2cc1Br. The van der Waals surface area contributed by atoms with E-state index in [1.54, 1.807) is 12.1 Å². The van der Waals surface area contributed by atoms with Gasteiger partial charge >= 0.3 is 0 Å². The lowest BCUT2D eigenvalue weighted by Gasteiger charge is -2.03. The van der Waals surface area contributed by atoms with Crippen LogP contribution in [0.4, 0.5) is 5.82 Å². The van der Waals surface area contributed by atoms with E-state index in [1.165, 1.54) is 0 Å². The number of hydrogen-bond acceptors (Lipinski definition) is 2. The van der Waals surface area contributed by atoms with Crippen molar-refractivity contribution in [3.63, 3.8) is 0 Å². The molecule has 0 fully saturated rings. The van der Waals surface area contributed by atoms with Gasteiger partial charge in [-0.05, 0) is 52.7 Å². The van der Waals surface area contributed by atoms with Crippen molar-refractivity contribution in [2.45, 2.75) is 6.92 Å². The summed E-state index contributed by atoms with van der Waals surface area (Å²) in [6, 6.07) is 7.24. The molecule has 1 aromatic carbocycles. The van der Waals surface area contributed by atoms with Crippen LogP contribution in [0.15, 0.2) is 34.9 Å². The van der Waals surface area contributed by atoms with Crippen LogP contribution in [0.2, 0.25) is 10.0 Å². The molecular formula is C14H10BrCl2N3. The lowest BCUT2D eigenvalue weighted by atomic mass is 10.1. The number of pyridine rings is 1. The summed E-state index contributed by atoms with van der Waals surface area (Å²) >= 11 is 15.6. The van der Waals surface area contributed by atoms with Crippen molar-refractivity contribution in [1.29, 1.82) is 0 Å². The topological polar surface area (TPSA) is 43.3 Å². The van der Waals surface area contributed by atoms with Crippen LogP contribution >= 0.6 is 39.1 Å². The third-order valence-corrected chi connectivity index (χ3v) is 4.50. The summed E-state index contributed by atoms with van der Waals surface area (Å²) in [5.74, 6) is 0.546. The summed E-state index contributed by atoms with van der Waals surface area (Å²) in [5, 5.41) is 1.11. The lowest BCUT2D eigenvalue weighted by Crippen LogP contribution is -1.95. The van der Waals surface area contributed by atoms with E-state index >= 15 is 0 Å². The summed E-state index contributed by atoms with van der Waals surface area (Å²) < 4.78 is 2.81. The molecule has 0 unspecified atom stereocenters. The van der Waals surface area contributed by atoms with E-state index < -0.39 is 0 Å². The smallest absolute Gasteiger partial charge is 0.139 e. The second kappa shape index (κ2) is 4.95. The zero-order chi connectivity index (χ0) is 14.4. The third-order valence-electron chi connectivity index (χ3n) is 3.13. The van der Waals surface area contributed by atoms with Crippen LogP contribution in [-0.2, 0) is 0 Å². The van der Waals surface area contributed by atoms with Gasteiger partial charge in [0.15, 0.2) is 0 Å². The maximum atomic E-state index is 6.23. The molecule has 0 bridgehead atoms. The van der Waals surface area contributed by atoms with Crippen LogP contribution in [-0.4, -0.2) is 9.38 Å². The molecule has 3 aromatic rings. The van der Waals surface area contributed by atoms with E-state index in [-0.39, 0.29) is 0 Å². The van der Waals surface area contributed by atoms with Gasteiger partial charge in [0.25, 0.3) is 0 Å². The van der Waals surface area contributed by atoms with Crippen molar-refractivity contribution in [2.75, 3.05) is 5.73 Å². The quantitative estimate of drug-likeness (QED) is 0.657. The highest BCUT2D eigenvalue weighted by Crippen LogP contribution is 2.34. The van der Waals surface area contributed by atoms with Crippen molar-refractivity contribution in [2.24, 2.45) is 0 Å². The first-order chi connectivity index (χ1) is 9.47. The fourth-order valence-electron chi connectivity index (χ4n) is 2.06. The van der Waals surface area contributed by atoms with E-state index in [9.17, 15) is 0 Å². The van der Waals surface area contributed by atoms with Gasteiger partial charge in [-0.25, -0.2) is 4.98 Å². The lowest BCUT2D eigenvalue weighted by molar-refractivity contribution is 1.16. The Hall–Kier alpha value is -1.23. The number of nitrogens with zero attached hydrogens (tertiary/aromatic N) is 2. The first-order valence-corrected chi connectivity index (χ1v) is 7.41. The van der Waals surface area contributed by atoms with Crippen LogP contribution in [0.25, 0.3) is 16.9 Å². The summed E-state index contributed by atoms with van der Waals surface area (Å²) in [6.45, 7) is 2.00.